The van der Waals surface area contributed by atoms with E-state index in [1.807, 2.05) is 22.6 Å². The van der Waals surface area contributed by atoms with Crippen LogP contribution in [-0.2, 0) is 0 Å². The van der Waals surface area contributed by atoms with E-state index in [2.05, 4.69) is 9.97 Å². The highest BCUT2D eigenvalue weighted by molar-refractivity contribution is 14.1. The van der Waals surface area contributed by atoms with Crippen LogP contribution in [0.3, 0.4) is 0 Å². The minimum absolute atomic E-state index is 0.330. The van der Waals surface area contributed by atoms with Crippen LogP contribution < -0.4 is 5.73 Å². The molecular formula is C10H7FIN3O. The molecule has 2 rings (SSSR count). The summed E-state index contributed by atoms with van der Waals surface area (Å²) in [5.41, 5.74) is 6.09. The van der Waals surface area contributed by atoms with Crippen molar-refractivity contribution in [1.29, 1.82) is 0 Å². The number of benzene rings is 1. The Labute approximate surface area is 104 Å². The van der Waals surface area contributed by atoms with Crippen LogP contribution in [0.4, 0.5) is 10.2 Å². The summed E-state index contributed by atoms with van der Waals surface area (Å²) >= 11 is 2.01. The average molecular weight is 331 g/mol. The van der Waals surface area contributed by atoms with E-state index in [1.165, 1.54) is 12.1 Å². The summed E-state index contributed by atoms with van der Waals surface area (Å²) in [6, 6.07) is 3.94. The summed E-state index contributed by atoms with van der Waals surface area (Å²) < 4.78 is 13.8. The van der Waals surface area contributed by atoms with Gasteiger partial charge in [0.1, 0.15) is 5.82 Å². The molecule has 2 aromatic rings. The Hall–Kier alpha value is -1.44. The molecule has 0 amide bonds. The fraction of sp³-hybridized carbons (Fsp3) is 0. The molecule has 0 spiro atoms. The fourth-order valence-electron chi connectivity index (χ4n) is 1.17. The molecule has 0 bridgehead atoms. The number of rotatable bonds is 1. The molecule has 0 aliphatic carbocycles. The highest BCUT2D eigenvalue weighted by Gasteiger charge is 2.07. The number of nitrogens with zero attached hydrogens (tertiary/aromatic N) is 2. The van der Waals surface area contributed by atoms with Gasteiger partial charge in [0.25, 0.3) is 0 Å². The number of phenols is 1. The minimum atomic E-state index is -0.710. The number of hydrogen-bond acceptors (Lipinski definition) is 4. The molecule has 6 heteroatoms. The van der Waals surface area contributed by atoms with Crippen molar-refractivity contribution >= 4 is 28.4 Å². The van der Waals surface area contributed by atoms with Crippen LogP contribution >= 0.6 is 22.6 Å². The molecule has 0 atom stereocenters. The maximum Gasteiger partial charge on any atom is 0.165 e. The van der Waals surface area contributed by atoms with E-state index >= 15 is 0 Å². The zero-order chi connectivity index (χ0) is 11.7. The first-order valence-corrected chi connectivity index (χ1v) is 5.42. The summed E-state index contributed by atoms with van der Waals surface area (Å²) in [4.78, 5) is 8.06. The molecule has 4 nitrogen and oxygen atoms in total. The third-order valence-corrected chi connectivity index (χ3v) is 2.81. The van der Waals surface area contributed by atoms with E-state index in [-0.39, 0.29) is 0 Å². The number of aromatic nitrogens is 2. The van der Waals surface area contributed by atoms with Crippen LogP contribution in [0, 0.1) is 9.39 Å². The van der Waals surface area contributed by atoms with E-state index in [0.29, 0.717) is 17.2 Å². The smallest absolute Gasteiger partial charge is 0.165 e. The number of nitrogen functional groups attached to an aromatic ring is 1. The summed E-state index contributed by atoms with van der Waals surface area (Å²) in [5, 5.41) is 9.05. The van der Waals surface area contributed by atoms with Crippen molar-refractivity contribution in [2.75, 3.05) is 5.73 Å². The van der Waals surface area contributed by atoms with E-state index in [0.717, 1.165) is 9.64 Å². The van der Waals surface area contributed by atoms with E-state index in [4.69, 9.17) is 10.8 Å². The van der Waals surface area contributed by atoms with Gasteiger partial charge in [-0.2, -0.15) is 0 Å². The average Bonchev–Trinajstić information content (AvgIpc) is 2.26. The molecule has 0 saturated heterocycles. The van der Waals surface area contributed by atoms with Crippen molar-refractivity contribution in [1.82, 2.24) is 9.97 Å². The predicted molar refractivity (Wildman–Crippen MR) is 66.2 cm³/mol. The topological polar surface area (TPSA) is 72.0 Å². The molecule has 1 aromatic heterocycles. The van der Waals surface area contributed by atoms with Crippen molar-refractivity contribution < 1.29 is 9.50 Å². The molecule has 0 saturated carbocycles. The lowest BCUT2D eigenvalue weighted by molar-refractivity contribution is 0.432. The Morgan fingerprint density at radius 2 is 2.12 bits per heavy atom. The third kappa shape index (κ3) is 2.06. The largest absolute Gasteiger partial charge is 0.505 e. The van der Waals surface area contributed by atoms with E-state index < -0.39 is 11.6 Å². The maximum atomic E-state index is 13.1. The minimum Gasteiger partial charge on any atom is -0.505 e. The lowest BCUT2D eigenvalue weighted by atomic mass is 10.2. The molecule has 0 aliphatic heterocycles. The quantitative estimate of drug-likeness (QED) is 0.786. The van der Waals surface area contributed by atoms with Gasteiger partial charge in [0.05, 0.1) is 3.57 Å². The molecule has 82 valence electrons. The summed E-state index contributed by atoms with van der Waals surface area (Å²) in [6.45, 7) is 0. The Bertz CT molecular complexity index is 498. The van der Waals surface area contributed by atoms with E-state index in [1.54, 1.807) is 6.20 Å². The first-order valence-electron chi connectivity index (χ1n) is 4.35. The molecule has 0 unspecified atom stereocenters. The van der Waals surface area contributed by atoms with Crippen LogP contribution in [-0.4, -0.2) is 15.1 Å². The van der Waals surface area contributed by atoms with Gasteiger partial charge >= 0.3 is 0 Å². The van der Waals surface area contributed by atoms with Gasteiger partial charge in [-0.05, 0) is 40.8 Å². The molecule has 1 heterocycles. The van der Waals surface area contributed by atoms with Crippen molar-refractivity contribution in [2.24, 2.45) is 0 Å². The van der Waals surface area contributed by atoms with Gasteiger partial charge < -0.3 is 10.8 Å². The second-order valence-corrected chi connectivity index (χ2v) is 4.26. The van der Waals surface area contributed by atoms with Crippen LogP contribution in [0.2, 0.25) is 0 Å². The number of anilines is 1. The fourth-order valence-corrected chi connectivity index (χ4v) is 1.43. The van der Waals surface area contributed by atoms with Crippen molar-refractivity contribution in [3.05, 3.63) is 33.8 Å². The first kappa shape index (κ1) is 11.1. The van der Waals surface area contributed by atoms with Crippen LogP contribution in [0.1, 0.15) is 0 Å². The predicted octanol–water partition coefficient (Wildman–Crippen LogP) is 2.18. The van der Waals surface area contributed by atoms with Gasteiger partial charge in [-0.15, -0.1) is 0 Å². The Morgan fingerprint density at radius 3 is 2.75 bits per heavy atom. The lowest BCUT2D eigenvalue weighted by Crippen LogP contribution is -1.98. The number of nitrogens with two attached hydrogens (primary N) is 1. The Kier molecular flexibility index (Phi) is 2.90. The van der Waals surface area contributed by atoms with Crippen LogP contribution in [0.15, 0.2) is 24.4 Å². The molecule has 1 aromatic carbocycles. The first-order chi connectivity index (χ1) is 7.58. The molecule has 3 N–H and O–H groups in total. The number of hydrogen-bond donors (Lipinski definition) is 2. The zero-order valence-corrected chi connectivity index (χ0v) is 10.1. The zero-order valence-electron chi connectivity index (χ0n) is 7.98. The summed E-state index contributed by atoms with van der Waals surface area (Å²) in [6.07, 6.45) is 1.56. The second-order valence-electron chi connectivity index (χ2n) is 3.09. The monoisotopic (exact) mass is 331 g/mol. The normalized spacial score (nSPS) is 10.4. The number of halogens is 2. The SMILES string of the molecule is Nc1nc(-c2ccc(O)c(F)c2)ncc1I. The highest BCUT2D eigenvalue weighted by atomic mass is 127. The van der Waals surface area contributed by atoms with Crippen LogP contribution in [0.5, 0.6) is 5.75 Å². The van der Waals surface area contributed by atoms with Gasteiger partial charge in [-0.25, -0.2) is 14.4 Å². The van der Waals surface area contributed by atoms with Crippen molar-refractivity contribution in [3.8, 4) is 17.1 Å². The summed E-state index contributed by atoms with van der Waals surface area (Å²) in [5.74, 6) is -0.434. The molecule has 0 radical (unpaired) electrons. The van der Waals surface area contributed by atoms with Crippen molar-refractivity contribution in [3.63, 3.8) is 0 Å². The highest BCUT2D eigenvalue weighted by Crippen LogP contribution is 2.23. The number of aromatic hydroxyl groups is 1. The van der Waals surface area contributed by atoms with Gasteiger partial charge in [0, 0.05) is 11.8 Å². The Morgan fingerprint density at radius 1 is 1.38 bits per heavy atom. The lowest BCUT2D eigenvalue weighted by Gasteiger charge is -2.03. The molecular weight excluding hydrogens is 324 g/mol. The standard InChI is InChI=1S/C10H7FIN3O/c11-6-3-5(1-2-8(6)16)10-14-4-7(12)9(13)15-10/h1-4,16H,(H2,13,14,15). The summed E-state index contributed by atoms with van der Waals surface area (Å²) in [7, 11) is 0. The molecule has 0 aliphatic rings. The second kappa shape index (κ2) is 4.20. The van der Waals surface area contributed by atoms with Gasteiger partial charge in [0.2, 0.25) is 0 Å². The maximum absolute atomic E-state index is 13.1. The van der Waals surface area contributed by atoms with Crippen LogP contribution in [0.25, 0.3) is 11.4 Å². The van der Waals surface area contributed by atoms with Crippen molar-refractivity contribution in [2.45, 2.75) is 0 Å². The molecule has 16 heavy (non-hydrogen) atoms. The molecule has 0 fully saturated rings. The number of phenolic OH excluding ortho intramolecular Hbond substituents is 1. The Balaban J connectivity index is 2.50. The third-order valence-electron chi connectivity index (χ3n) is 1.98. The van der Waals surface area contributed by atoms with E-state index in [9.17, 15) is 4.39 Å². The van der Waals surface area contributed by atoms with Gasteiger partial charge in [-0.1, -0.05) is 0 Å². The van der Waals surface area contributed by atoms with Gasteiger partial charge in [-0.3, -0.25) is 0 Å². The van der Waals surface area contributed by atoms with Gasteiger partial charge in [0.15, 0.2) is 17.4 Å².